The monoisotopic (exact) mass is 469 g/mol. The standard InChI is InChI=1S/C24H22F3N5O2/c1-34-20-9-17(8-16-3-6-30(14-24(25,26)27)23(33)22(16)20)19-11-29-21-10-18(4-7-32(19)21)31-12-15(13-31)2-5-28/h4,7-11,15H,2-3,6,12-14H2,1H3. The molecule has 2 aliphatic heterocycles. The summed E-state index contributed by atoms with van der Waals surface area (Å²) in [5.41, 5.74) is 4.19. The molecule has 4 heterocycles. The highest BCUT2D eigenvalue weighted by molar-refractivity contribution is 6.00. The second-order valence-electron chi connectivity index (χ2n) is 8.69. The van der Waals surface area contributed by atoms with Gasteiger partial charge in [0.05, 0.1) is 30.6 Å². The number of fused-ring (bicyclic) bond motifs is 2. The average Bonchev–Trinajstić information content (AvgIpc) is 3.19. The summed E-state index contributed by atoms with van der Waals surface area (Å²) in [5, 5.41) is 8.84. The third-order valence-corrected chi connectivity index (χ3v) is 6.42. The summed E-state index contributed by atoms with van der Waals surface area (Å²) in [7, 11) is 1.41. The minimum atomic E-state index is -4.46. The number of anilines is 1. The topological polar surface area (TPSA) is 73.9 Å². The lowest BCUT2D eigenvalue weighted by molar-refractivity contribution is -0.141. The zero-order valence-corrected chi connectivity index (χ0v) is 18.5. The molecule has 176 valence electrons. The van der Waals surface area contributed by atoms with E-state index in [1.807, 2.05) is 28.8 Å². The fourth-order valence-electron chi connectivity index (χ4n) is 4.72. The van der Waals surface area contributed by atoms with Gasteiger partial charge in [-0.25, -0.2) is 4.98 Å². The molecule has 1 aromatic carbocycles. The Morgan fingerprint density at radius 3 is 2.76 bits per heavy atom. The number of imidazole rings is 1. The number of ether oxygens (including phenoxy) is 1. The van der Waals surface area contributed by atoms with E-state index in [1.54, 1.807) is 12.3 Å². The molecule has 1 fully saturated rings. The number of nitriles is 1. The molecular formula is C24H22F3N5O2. The first-order valence-corrected chi connectivity index (χ1v) is 10.9. The lowest BCUT2D eigenvalue weighted by Gasteiger charge is -2.40. The Balaban J connectivity index is 1.45. The third-order valence-electron chi connectivity index (χ3n) is 6.42. The summed E-state index contributed by atoms with van der Waals surface area (Å²) in [4.78, 5) is 20.3. The number of carbonyl (C=O) groups is 1. The zero-order chi connectivity index (χ0) is 24.0. The van der Waals surface area contributed by atoms with E-state index >= 15 is 0 Å². The first-order valence-electron chi connectivity index (χ1n) is 10.9. The van der Waals surface area contributed by atoms with Gasteiger partial charge in [0, 0.05) is 55.5 Å². The number of amides is 1. The van der Waals surface area contributed by atoms with E-state index < -0.39 is 18.6 Å². The number of hydrogen-bond acceptors (Lipinski definition) is 5. The number of alkyl halides is 3. The van der Waals surface area contributed by atoms with Gasteiger partial charge in [-0.05, 0) is 30.2 Å². The molecule has 5 rings (SSSR count). The van der Waals surface area contributed by atoms with Crippen LogP contribution in [0.2, 0.25) is 0 Å². The van der Waals surface area contributed by atoms with Crippen LogP contribution < -0.4 is 9.64 Å². The number of benzene rings is 1. The molecule has 2 aromatic heterocycles. The highest BCUT2D eigenvalue weighted by atomic mass is 19.4. The largest absolute Gasteiger partial charge is 0.496 e. The number of methoxy groups -OCH3 is 1. The molecule has 3 aromatic rings. The first kappa shape index (κ1) is 22.1. The van der Waals surface area contributed by atoms with Crippen LogP contribution in [0.25, 0.3) is 16.9 Å². The molecule has 0 bridgehead atoms. The van der Waals surface area contributed by atoms with Crippen LogP contribution in [0.4, 0.5) is 18.9 Å². The van der Waals surface area contributed by atoms with Crippen molar-refractivity contribution in [2.75, 3.05) is 38.2 Å². The van der Waals surface area contributed by atoms with Crippen LogP contribution in [0.3, 0.4) is 0 Å². The minimum Gasteiger partial charge on any atom is -0.496 e. The molecule has 34 heavy (non-hydrogen) atoms. The molecule has 7 nitrogen and oxygen atoms in total. The van der Waals surface area contributed by atoms with E-state index in [0.717, 1.165) is 40.6 Å². The van der Waals surface area contributed by atoms with Gasteiger partial charge in [-0.3, -0.25) is 9.20 Å². The number of aromatic nitrogens is 2. The second-order valence-corrected chi connectivity index (χ2v) is 8.69. The van der Waals surface area contributed by atoms with Crippen molar-refractivity contribution in [2.24, 2.45) is 5.92 Å². The summed E-state index contributed by atoms with van der Waals surface area (Å²) in [6, 6.07) is 9.70. The van der Waals surface area contributed by atoms with Crippen LogP contribution in [0.1, 0.15) is 22.3 Å². The molecule has 0 N–H and O–H groups in total. The van der Waals surface area contributed by atoms with Crippen LogP contribution in [0.5, 0.6) is 5.75 Å². The molecule has 10 heteroatoms. The quantitative estimate of drug-likeness (QED) is 0.566. The Kier molecular flexibility index (Phi) is 5.35. The van der Waals surface area contributed by atoms with E-state index in [2.05, 4.69) is 16.0 Å². The molecule has 2 aliphatic rings. The van der Waals surface area contributed by atoms with Crippen molar-refractivity contribution in [3.8, 4) is 23.1 Å². The predicted octanol–water partition coefficient (Wildman–Crippen LogP) is 3.92. The Bertz CT molecular complexity index is 1290. The van der Waals surface area contributed by atoms with E-state index in [4.69, 9.17) is 10.00 Å². The maximum absolute atomic E-state index is 12.9. The van der Waals surface area contributed by atoms with Gasteiger partial charge in [0.2, 0.25) is 0 Å². The van der Waals surface area contributed by atoms with Crippen molar-refractivity contribution in [3.05, 3.63) is 47.8 Å². The number of rotatable bonds is 5. The second kappa shape index (κ2) is 8.24. The molecule has 0 aliphatic carbocycles. The van der Waals surface area contributed by atoms with Crippen LogP contribution in [-0.2, 0) is 6.42 Å². The zero-order valence-electron chi connectivity index (χ0n) is 18.5. The summed E-state index contributed by atoms with van der Waals surface area (Å²) >= 11 is 0. The molecule has 0 spiro atoms. The van der Waals surface area contributed by atoms with Crippen molar-refractivity contribution in [3.63, 3.8) is 0 Å². The van der Waals surface area contributed by atoms with Crippen LogP contribution in [0, 0.1) is 17.2 Å². The molecule has 0 unspecified atom stereocenters. The van der Waals surface area contributed by atoms with Gasteiger partial charge < -0.3 is 14.5 Å². The third kappa shape index (κ3) is 3.91. The highest BCUT2D eigenvalue weighted by Gasteiger charge is 2.37. The number of nitrogens with zero attached hydrogens (tertiary/aromatic N) is 5. The van der Waals surface area contributed by atoms with Crippen LogP contribution in [-0.4, -0.2) is 59.7 Å². The average molecular weight is 469 g/mol. The van der Waals surface area contributed by atoms with Gasteiger partial charge in [-0.2, -0.15) is 18.4 Å². The SMILES string of the molecule is COc1cc(-c2cnc3cc(N4CC(CC#N)C4)ccn23)cc2c1C(=O)N(CC(F)(F)F)CC2. The van der Waals surface area contributed by atoms with Gasteiger partial charge in [-0.1, -0.05) is 0 Å². The van der Waals surface area contributed by atoms with Crippen molar-refractivity contribution in [1.29, 1.82) is 5.26 Å². The Morgan fingerprint density at radius 1 is 1.26 bits per heavy atom. The number of hydrogen-bond donors (Lipinski definition) is 0. The Labute approximate surface area is 194 Å². The van der Waals surface area contributed by atoms with Crippen molar-refractivity contribution in [2.45, 2.75) is 19.0 Å². The van der Waals surface area contributed by atoms with Crippen molar-refractivity contribution < 1.29 is 22.7 Å². The lowest BCUT2D eigenvalue weighted by atomic mass is 9.94. The molecule has 0 atom stereocenters. The molecule has 1 saturated heterocycles. The number of pyridine rings is 1. The maximum Gasteiger partial charge on any atom is 0.406 e. The van der Waals surface area contributed by atoms with E-state index in [0.29, 0.717) is 24.3 Å². The Morgan fingerprint density at radius 2 is 2.06 bits per heavy atom. The smallest absolute Gasteiger partial charge is 0.406 e. The molecule has 1 amide bonds. The van der Waals surface area contributed by atoms with Gasteiger partial charge >= 0.3 is 6.18 Å². The van der Waals surface area contributed by atoms with Gasteiger partial charge in [0.1, 0.15) is 17.9 Å². The van der Waals surface area contributed by atoms with E-state index in [9.17, 15) is 18.0 Å². The van der Waals surface area contributed by atoms with Crippen LogP contribution in [0.15, 0.2) is 36.7 Å². The van der Waals surface area contributed by atoms with Crippen molar-refractivity contribution >= 4 is 17.2 Å². The number of halogens is 3. The van der Waals surface area contributed by atoms with Crippen molar-refractivity contribution in [1.82, 2.24) is 14.3 Å². The van der Waals surface area contributed by atoms with E-state index in [1.165, 1.54) is 7.11 Å². The molecule has 0 radical (unpaired) electrons. The molecule has 0 saturated carbocycles. The summed E-state index contributed by atoms with van der Waals surface area (Å²) < 4.78 is 46.0. The van der Waals surface area contributed by atoms with Gasteiger partial charge in [0.15, 0.2) is 0 Å². The fourth-order valence-corrected chi connectivity index (χ4v) is 4.72. The lowest BCUT2D eigenvalue weighted by Crippen LogP contribution is -2.46. The molecular weight excluding hydrogens is 447 g/mol. The predicted molar refractivity (Wildman–Crippen MR) is 119 cm³/mol. The Hall–Kier alpha value is -3.74. The summed E-state index contributed by atoms with van der Waals surface area (Å²) in [5.74, 6) is -0.0247. The van der Waals surface area contributed by atoms with E-state index in [-0.39, 0.29) is 17.9 Å². The normalized spacial score (nSPS) is 16.4. The number of carbonyl (C=O) groups excluding carboxylic acids is 1. The van der Waals surface area contributed by atoms with Crippen LogP contribution >= 0.6 is 0 Å². The highest BCUT2D eigenvalue weighted by Crippen LogP contribution is 2.36. The van der Waals surface area contributed by atoms with Gasteiger partial charge in [-0.15, -0.1) is 0 Å². The fraction of sp³-hybridized carbons (Fsp3) is 0.375. The first-order chi connectivity index (χ1) is 16.3. The summed E-state index contributed by atoms with van der Waals surface area (Å²) in [6.45, 7) is 0.411. The minimum absolute atomic E-state index is 0.00288. The van der Waals surface area contributed by atoms with Gasteiger partial charge in [0.25, 0.3) is 5.91 Å². The summed E-state index contributed by atoms with van der Waals surface area (Å²) in [6.07, 6.45) is 0.0641. The maximum atomic E-state index is 12.9.